The van der Waals surface area contributed by atoms with Crippen LogP contribution in [0.2, 0.25) is 0 Å². The summed E-state index contributed by atoms with van der Waals surface area (Å²) in [5.74, 6) is -0.0775. The van der Waals surface area contributed by atoms with E-state index in [4.69, 9.17) is 0 Å². The normalized spacial score (nSPS) is 16.3. The number of carbonyl (C=O) groups is 2. The molecule has 4 N–H and O–H groups in total. The van der Waals surface area contributed by atoms with E-state index in [1.54, 1.807) is 11.3 Å². The summed E-state index contributed by atoms with van der Waals surface area (Å²) in [7, 11) is 0. The number of benzene rings is 5. The molecule has 2 amide bonds. The van der Waals surface area contributed by atoms with Gasteiger partial charge in [-0.25, -0.2) is 0 Å². The van der Waals surface area contributed by atoms with Crippen molar-refractivity contribution in [1.82, 2.24) is 10.6 Å². The molecule has 0 saturated carbocycles. The van der Waals surface area contributed by atoms with Crippen molar-refractivity contribution in [2.24, 2.45) is 0 Å². The number of para-hydroxylation sites is 2. The average Bonchev–Trinajstić information content (AvgIpc) is 3.60. The molecular weight excluding hydrogens is 589 g/mol. The number of fused-ring (bicyclic) bond motifs is 2. The lowest BCUT2D eigenvalue weighted by atomic mass is 9.98. The molecular formula is C39H32N4O2S. The van der Waals surface area contributed by atoms with Crippen LogP contribution in [0, 0.1) is 6.92 Å². The highest BCUT2D eigenvalue weighted by atomic mass is 32.1. The van der Waals surface area contributed by atoms with Gasteiger partial charge in [0.1, 0.15) is 12.3 Å². The Morgan fingerprint density at radius 1 is 0.500 bits per heavy atom. The second kappa shape index (κ2) is 12.8. The van der Waals surface area contributed by atoms with Crippen LogP contribution in [0.4, 0.5) is 11.4 Å². The molecule has 5 aromatic carbocycles. The fraction of sp³-hybridized carbons (Fsp3) is 0.0769. The quantitative estimate of drug-likeness (QED) is 0.159. The predicted octanol–water partition coefficient (Wildman–Crippen LogP) is 8.79. The molecule has 226 valence electrons. The van der Waals surface area contributed by atoms with Crippen molar-refractivity contribution in [3.05, 3.63) is 166 Å². The molecule has 3 heterocycles. The maximum absolute atomic E-state index is 12.3. The lowest BCUT2D eigenvalue weighted by Crippen LogP contribution is -2.38. The Bertz CT molecular complexity index is 2020. The number of hydrogen-bond acceptors (Lipinski definition) is 5. The zero-order valence-electron chi connectivity index (χ0n) is 25.2. The monoisotopic (exact) mass is 620 g/mol. The van der Waals surface area contributed by atoms with Gasteiger partial charge in [-0.15, -0.1) is 11.3 Å². The Morgan fingerprint density at radius 3 is 1.70 bits per heavy atom. The Hall–Kier alpha value is -5.66. The molecule has 2 aliphatic rings. The predicted molar refractivity (Wildman–Crippen MR) is 187 cm³/mol. The van der Waals surface area contributed by atoms with Crippen LogP contribution in [-0.4, -0.2) is 11.8 Å². The first-order chi connectivity index (χ1) is 22.5. The van der Waals surface area contributed by atoms with Crippen LogP contribution < -0.4 is 21.3 Å². The summed E-state index contributed by atoms with van der Waals surface area (Å²) in [6.07, 6.45) is -0.386. The minimum Gasteiger partial charge on any atom is -0.361 e. The first-order valence-corrected chi connectivity index (χ1v) is 16.0. The van der Waals surface area contributed by atoms with Crippen molar-refractivity contribution in [3.63, 3.8) is 0 Å². The largest absolute Gasteiger partial charge is 0.361 e. The Kier molecular flexibility index (Phi) is 8.06. The Balaban J connectivity index is 0.000000147. The zero-order chi connectivity index (χ0) is 31.5. The fourth-order valence-corrected chi connectivity index (χ4v) is 6.68. The van der Waals surface area contributed by atoms with Crippen LogP contribution in [0.1, 0.15) is 49.1 Å². The Labute approximate surface area is 272 Å². The van der Waals surface area contributed by atoms with Gasteiger partial charge in [0, 0.05) is 16.3 Å². The number of amides is 2. The Morgan fingerprint density at radius 2 is 1.04 bits per heavy atom. The van der Waals surface area contributed by atoms with E-state index in [2.05, 4.69) is 94.2 Å². The summed E-state index contributed by atoms with van der Waals surface area (Å²) in [6.45, 7) is 2.11. The molecule has 0 saturated heterocycles. The van der Waals surface area contributed by atoms with E-state index in [0.29, 0.717) is 11.1 Å². The van der Waals surface area contributed by atoms with Gasteiger partial charge in [-0.1, -0.05) is 103 Å². The van der Waals surface area contributed by atoms with Crippen molar-refractivity contribution in [2.75, 3.05) is 10.6 Å². The lowest BCUT2D eigenvalue weighted by Gasteiger charge is -2.28. The van der Waals surface area contributed by atoms with Gasteiger partial charge in [-0.2, -0.15) is 0 Å². The third-order valence-corrected chi connectivity index (χ3v) is 9.20. The number of rotatable bonds is 4. The van der Waals surface area contributed by atoms with E-state index < -0.39 is 0 Å². The molecule has 0 radical (unpaired) electrons. The van der Waals surface area contributed by atoms with Gasteiger partial charge < -0.3 is 21.3 Å². The van der Waals surface area contributed by atoms with Crippen LogP contribution in [0.15, 0.2) is 139 Å². The van der Waals surface area contributed by atoms with Gasteiger partial charge in [-0.3, -0.25) is 9.59 Å². The topological polar surface area (TPSA) is 82.3 Å². The molecule has 0 fully saturated rings. The molecule has 7 heteroatoms. The molecule has 46 heavy (non-hydrogen) atoms. The lowest BCUT2D eigenvalue weighted by molar-refractivity contribution is 0.0927. The number of carbonyl (C=O) groups excluding carboxylic acids is 2. The highest BCUT2D eigenvalue weighted by Crippen LogP contribution is 2.33. The van der Waals surface area contributed by atoms with Crippen LogP contribution in [0.5, 0.6) is 0 Å². The summed E-state index contributed by atoms with van der Waals surface area (Å²) in [6, 6.07) is 44.2. The molecule has 2 atom stereocenters. The first kappa shape index (κ1) is 29.1. The van der Waals surface area contributed by atoms with Gasteiger partial charge >= 0.3 is 0 Å². The van der Waals surface area contributed by atoms with Crippen molar-refractivity contribution in [1.29, 1.82) is 0 Å². The molecule has 0 spiro atoms. The van der Waals surface area contributed by atoms with E-state index in [0.717, 1.165) is 21.8 Å². The van der Waals surface area contributed by atoms with Crippen LogP contribution in [0.3, 0.4) is 0 Å². The van der Waals surface area contributed by atoms with E-state index in [1.165, 1.54) is 27.8 Å². The fourth-order valence-electron chi connectivity index (χ4n) is 5.76. The zero-order valence-corrected chi connectivity index (χ0v) is 26.0. The molecule has 0 bridgehead atoms. The molecule has 1 aromatic heterocycles. The minimum atomic E-state index is -0.210. The molecule has 2 aliphatic heterocycles. The molecule has 6 nitrogen and oxygen atoms in total. The van der Waals surface area contributed by atoms with Crippen molar-refractivity contribution in [3.8, 4) is 22.3 Å². The maximum atomic E-state index is 12.3. The smallest absolute Gasteiger partial charge is 0.255 e. The summed E-state index contributed by atoms with van der Waals surface area (Å²) in [5, 5.41) is 14.9. The summed E-state index contributed by atoms with van der Waals surface area (Å²) < 4.78 is 0. The maximum Gasteiger partial charge on any atom is 0.255 e. The minimum absolute atomic E-state index is 0.0333. The summed E-state index contributed by atoms with van der Waals surface area (Å²) in [5.41, 5.74) is 10.2. The van der Waals surface area contributed by atoms with E-state index in [1.807, 2.05) is 72.8 Å². The molecule has 8 rings (SSSR count). The van der Waals surface area contributed by atoms with Gasteiger partial charge in [-0.05, 0) is 76.0 Å². The number of hydrogen-bond donors (Lipinski definition) is 4. The molecule has 2 unspecified atom stereocenters. The average molecular weight is 621 g/mol. The van der Waals surface area contributed by atoms with Gasteiger partial charge in [0.05, 0.1) is 11.1 Å². The van der Waals surface area contributed by atoms with Gasteiger partial charge in [0.25, 0.3) is 11.8 Å². The molecule has 6 aromatic rings. The van der Waals surface area contributed by atoms with Crippen LogP contribution in [0.25, 0.3) is 22.3 Å². The second-order valence-electron chi connectivity index (χ2n) is 11.2. The van der Waals surface area contributed by atoms with Crippen molar-refractivity contribution >= 4 is 34.5 Å². The highest BCUT2D eigenvalue weighted by Gasteiger charge is 2.26. The number of anilines is 2. The third-order valence-electron chi connectivity index (χ3n) is 8.21. The second-order valence-corrected chi connectivity index (χ2v) is 12.2. The van der Waals surface area contributed by atoms with Gasteiger partial charge in [0.2, 0.25) is 0 Å². The van der Waals surface area contributed by atoms with Crippen LogP contribution >= 0.6 is 11.3 Å². The SMILES string of the molecule is Cc1ccccc1-c1ccc(C2NC(=O)c3ccccc3N2)cc1.O=C1NC(c2cc(-c3ccccc3)cs2)Nc2ccccc21. The third kappa shape index (κ3) is 6.01. The number of nitrogens with one attached hydrogen (secondary N) is 4. The summed E-state index contributed by atoms with van der Waals surface area (Å²) in [4.78, 5) is 25.5. The van der Waals surface area contributed by atoms with Crippen molar-refractivity contribution in [2.45, 2.75) is 19.3 Å². The van der Waals surface area contributed by atoms with Gasteiger partial charge in [0.15, 0.2) is 0 Å². The number of thiophene rings is 1. The van der Waals surface area contributed by atoms with E-state index >= 15 is 0 Å². The van der Waals surface area contributed by atoms with E-state index in [9.17, 15) is 9.59 Å². The standard InChI is InChI=1S/C21H18N2O.C18H14N2OS/c1-14-6-2-3-7-17(14)15-10-12-16(13-11-15)20-22-19-9-5-4-8-18(19)21(24)23-20;21-18-14-8-4-5-9-15(14)19-17(20-18)16-10-13(11-22-16)12-6-2-1-3-7-12/h2-13,20,22H,1H3,(H,23,24);1-11,17,19H,(H,20,21). The number of aryl methyl sites for hydroxylation is 1. The van der Waals surface area contributed by atoms with Crippen LogP contribution in [-0.2, 0) is 0 Å². The summed E-state index contributed by atoms with van der Waals surface area (Å²) >= 11 is 1.65. The highest BCUT2D eigenvalue weighted by molar-refractivity contribution is 7.10. The van der Waals surface area contributed by atoms with E-state index in [-0.39, 0.29) is 24.1 Å². The first-order valence-electron chi connectivity index (χ1n) is 15.2. The molecule has 0 aliphatic carbocycles. The van der Waals surface area contributed by atoms with Crippen molar-refractivity contribution < 1.29 is 9.59 Å².